The highest BCUT2D eigenvalue weighted by Crippen LogP contribution is 2.19. The molecule has 1 aromatic carbocycles. The van der Waals surface area contributed by atoms with Crippen LogP contribution in [0.4, 0.5) is 11.4 Å². The van der Waals surface area contributed by atoms with E-state index in [9.17, 15) is 0 Å². The summed E-state index contributed by atoms with van der Waals surface area (Å²) in [5, 5.41) is 12.3. The summed E-state index contributed by atoms with van der Waals surface area (Å²) >= 11 is 0. The zero-order valence-corrected chi connectivity index (χ0v) is 11.9. The fourth-order valence-corrected chi connectivity index (χ4v) is 2.40. The highest BCUT2D eigenvalue weighted by atomic mass is 16.5. The average Bonchev–Trinajstić information content (AvgIpc) is 3.02. The van der Waals surface area contributed by atoms with Crippen molar-refractivity contribution in [3.63, 3.8) is 0 Å². The molecule has 112 valence electrons. The van der Waals surface area contributed by atoms with E-state index in [1.54, 1.807) is 6.07 Å². The van der Waals surface area contributed by atoms with Crippen molar-refractivity contribution in [1.29, 1.82) is 0 Å². The van der Waals surface area contributed by atoms with E-state index in [0.717, 1.165) is 37.8 Å². The molecule has 0 saturated carbocycles. The van der Waals surface area contributed by atoms with Crippen LogP contribution in [0.1, 0.15) is 11.5 Å². The van der Waals surface area contributed by atoms with Gasteiger partial charge in [-0.05, 0) is 36.4 Å². The largest absolute Gasteiger partial charge is 0.462 e. The van der Waals surface area contributed by atoms with Crippen molar-refractivity contribution in [3.8, 4) is 0 Å². The number of ether oxygens (including phenoxy) is 1. The Hall–Kier alpha value is -1.98. The van der Waals surface area contributed by atoms with Crippen molar-refractivity contribution in [2.24, 2.45) is 0 Å². The molecule has 1 fully saturated rings. The van der Waals surface area contributed by atoms with Crippen LogP contribution < -0.4 is 10.2 Å². The molecule has 1 saturated heterocycles. The SMILES string of the molecule is OCc1ccc(CNc2ccc(N3CCOCC3)cc2)o1. The van der Waals surface area contributed by atoms with Crippen molar-refractivity contribution in [2.45, 2.75) is 13.2 Å². The summed E-state index contributed by atoms with van der Waals surface area (Å²) in [5.41, 5.74) is 2.28. The summed E-state index contributed by atoms with van der Waals surface area (Å²) in [5.74, 6) is 1.41. The fraction of sp³-hybridized carbons (Fsp3) is 0.375. The average molecular weight is 288 g/mol. The van der Waals surface area contributed by atoms with Gasteiger partial charge in [-0.2, -0.15) is 0 Å². The molecular formula is C16H20N2O3. The Morgan fingerprint density at radius 2 is 1.71 bits per heavy atom. The molecule has 5 nitrogen and oxygen atoms in total. The van der Waals surface area contributed by atoms with Crippen molar-refractivity contribution in [1.82, 2.24) is 0 Å². The predicted molar refractivity (Wildman–Crippen MR) is 81.4 cm³/mol. The van der Waals surface area contributed by atoms with Gasteiger partial charge >= 0.3 is 0 Å². The molecule has 2 aromatic rings. The van der Waals surface area contributed by atoms with Gasteiger partial charge in [-0.15, -0.1) is 0 Å². The van der Waals surface area contributed by atoms with Gasteiger partial charge in [0.1, 0.15) is 18.1 Å². The molecular weight excluding hydrogens is 268 g/mol. The summed E-state index contributed by atoms with van der Waals surface area (Å²) in [7, 11) is 0. The van der Waals surface area contributed by atoms with Gasteiger partial charge in [0.15, 0.2) is 0 Å². The van der Waals surface area contributed by atoms with Crippen molar-refractivity contribution in [3.05, 3.63) is 47.9 Å². The van der Waals surface area contributed by atoms with E-state index in [4.69, 9.17) is 14.3 Å². The number of furan rings is 1. The molecule has 0 atom stereocenters. The van der Waals surface area contributed by atoms with E-state index in [-0.39, 0.29) is 6.61 Å². The molecule has 0 radical (unpaired) electrons. The third-order valence-corrected chi connectivity index (χ3v) is 3.58. The summed E-state index contributed by atoms with van der Waals surface area (Å²) in [6, 6.07) is 12.0. The maximum Gasteiger partial charge on any atom is 0.129 e. The lowest BCUT2D eigenvalue weighted by Crippen LogP contribution is -2.36. The molecule has 2 N–H and O–H groups in total. The van der Waals surface area contributed by atoms with Crippen LogP contribution in [-0.2, 0) is 17.9 Å². The highest BCUT2D eigenvalue weighted by Gasteiger charge is 2.10. The molecule has 21 heavy (non-hydrogen) atoms. The summed E-state index contributed by atoms with van der Waals surface area (Å²) in [6.45, 7) is 4.04. The molecule has 0 unspecified atom stereocenters. The minimum atomic E-state index is -0.0613. The number of hydrogen-bond acceptors (Lipinski definition) is 5. The first kappa shape index (κ1) is 14.0. The first-order chi connectivity index (χ1) is 10.3. The van der Waals surface area contributed by atoms with Crippen LogP contribution in [0.5, 0.6) is 0 Å². The molecule has 5 heteroatoms. The highest BCUT2D eigenvalue weighted by molar-refractivity contribution is 5.55. The van der Waals surface area contributed by atoms with E-state index >= 15 is 0 Å². The molecule has 3 rings (SSSR count). The number of rotatable bonds is 5. The third kappa shape index (κ3) is 3.56. The number of aliphatic hydroxyl groups excluding tert-OH is 1. The lowest BCUT2D eigenvalue weighted by molar-refractivity contribution is 0.122. The lowest BCUT2D eigenvalue weighted by atomic mass is 10.2. The van der Waals surface area contributed by atoms with Crippen LogP contribution >= 0.6 is 0 Å². The van der Waals surface area contributed by atoms with Crippen LogP contribution in [0.15, 0.2) is 40.8 Å². The molecule has 0 bridgehead atoms. The molecule has 0 spiro atoms. The second kappa shape index (κ2) is 6.65. The van der Waals surface area contributed by atoms with E-state index in [0.29, 0.717) is 12.3 Å². The van der Waals surface area contributed by atoms with Gasteiger partial charge in [0, 0.05) is 24.5 Å². The molecule has 1 aliphatic heterocycles. The van der Waals surface area contributed by atoms with Crippen LogP contribution in [0.25, 0.3) is 0 Å². The third-order valence-electron chi connectivity index (χ3n) is 3.58. The first-order valence-corrected chi connectivity index (χ1v) is 7.20. The smallest absolute Gasteiger partial charge is 0.129 e. The number of morpholine rings is 1. The van der Waals surface area contributed by atoms with Crippen molar-refractivity contribution >= 4 is 11.4 Å². The Bertz CT molecular complexity index is 559. The summed E-state index contributed by atoms with van der Waals surface area (Å²) in [6.07, 6.45) is 0. The Morgan fingerprint density at radius 3 is 2.38 bits per heavy atom. The number of aliphatic hydroxyl groups is 1. The summed E-state index contributed by atoms with van der Waals surface area (Å²) < 4.78 is 10.8. The van der Waals surface area contributed by atoms with Gasteiger partial charge in [-0.3, -0.25) is 0 Å². The molecule has 1 aromatic heterocycles. The zero-order chi connectivity index (χ0) is 14.5. The first-order valence-electron chi connectivity index (χ1n) is 7.20. The van der Waals surface area contributed by atoms with Gasteiger partial charge in [-0.25, -0.2) is 0 Å². The van der Waals surface area contributed by atoms with Gasteiger partial charge in [0.2, 0.25) is 0 Å². The fourth-order valence-electron chi connectivity index (χ4n) is 2.40. The van der Waals surface area contributed by atoms with Crippen molar-refractivity contribution in [2.75, 3.05) is 36.5 Å². The number of hydrogen-bond donors (Lipinski definition) is 2. The lowest BCUT2D eigenvalue weighted by Gasteiger charge is -2.28. The quantitative estimate of drug-likeness (QED) is 0.883. The molecule has 1 aliphatic rings. The standard InChI is InChI=1S/C16H20N2O3/c19-12-16-6-5-15(21-16)11-17-13-1-3-14(4-2-13)18-7-9-20-10-8-18/h1-6,17,19H,7-12H2. The number of nitrogens with one attached hydrogen (secondary N) is 1. The normalized spacial score (nSPS) is 15.2. The van der Waals surface area contributed by atoms with E-state index in [1.807, 2.05) is 6.07 Å². The van der Waals surface area contributed by atoms with Gasteiger partial charge < -0.3 is 24.5 Å². The topological polar surface area (TPSA) is 57.9 Å². The number of nitrogens with zero attached hydrogens (tertiary/aromatic N) is 1. The minimum absolute atomic E-state index is 0.0613. The molecule has 0 amide bonds. The van der Waals surface area contributed by atoms with Crippen LogP contribution in [0.2, 0.25) is 0 Å². The second-order valence-corrected chi connectivity index (χ2v) is 5.03. The van der Waals surface area contributed by atoms with E-state index in [2.05, 4.69) is 34.5 Å². The Balaban J connectivity index is 1.56. The molecule has 0 aliphatic carbocycles. The van der Waals surface area contributed by atoms with Crippen LogP contribution in [0.3, 0.4) is 0 Å². The monoisotopic (exact) mass is 288 g/mol. The maximum atomic E-state index is 8.96. The maximum absolute atomic E-state index is 8.96. The zero-order valence-electron chi connectivity index (χ0n) is 11.9. The Kier molecular flexibility index (Phi) is 4.43. The second-order valence-electron chi connectivity index (χ2n) is 5.03. The van der Waals surface area contributed by atoms with Gasteiger partial charge in [-0.1, -0.05) is 0 Å². The number of benzene rings is 1. The van der Waals surface area contributed by atoms with Crippen LogP contribution in [0, 0.1) is 0 Å². The van der Waals surface area contributed by atoms with Gasteiger partial charge in [0.05, 0.1) is 19.8 Å². The van der Waals surface area contributed by atoms with Crippen molar-refractivity contribution < 1.29 is 14.3 Å². The predicted octanol–water partition coefficient (Wildman–Crippen LogP) is 2.22. The minimum Gasteiger partial charge on any atom is -0.462 e. The number of anilines is 2. The molecule has 2 heterocycles. The summed E-state index contributed by atoms with van der Waals surface area (Å²) in [4.78, 5) is 2.33. The Morgan fingerprint density at radius 1 is 1.00 bits per heavy atom. The Labute approximate surface area is 124 Å². The van der Waals surface area contributed by atoms with E-state index in [1.165, 1.54) is 5.69 Å². The van der Waals surface area contributed by atoms with E-state index < -0.39 is 0 Å². The van der Waals surface area contributed by atoms with Gasteiger partial charge in [0.25, 0.3) is 0 Å². The van der Waals surface area contributed by atoms with Crippen LogP contribution in [-0.4, -0.2) is 31.4 Å².